The van der Waals surface area contributed by atoms with E-state index in [4.69, 9.17) is 4.74 Å². The van der Waals surface area contributed by atoms with Crippen molar-refractivity contribution < 1.29 is 18.3 Å². The van der Waals surface area contributed by atoms with Crippen molar-refractivity contribution in [1.82, 2.24) is 0 Å². The first-order valence-electron chi connectivity index (χ1n) is 6.55. The minimum atomic E-state index is -2.53. The van der Waals surface area contributed by atoms with Gasteiger partial charge in [-0.05, 0) is 31.6 Å². The fourth-order valence-corrected chi connectivity index (χ4v) is 3.96. The Morgan fingerprint density at radius 2 is 1.71 bits per heavy atom. The zero-order chi connectivity index (χ0) is 12.1. The van der Waals surface area contributed by atoms with Crippen LogP contribution in [0.5, 0.6) is 0 Å². The van der Waals surface area contributed by atoms with Gasteiger partial charge in [0.2, 0.25) is 0 Å². The molecule has 96 valence electrons. The molecule has 0 aromatic rings. The number of ketones is 1. The largest absolute Gasteiger partial charge is 0.381 e. The standard InChI is InChI=1S/C13H18F2O2/c14-13(15)11(9-3-7-17-8-4-9)12(13)5-1-10(16)2-6-12/h9,11H,1-8H2. The fraction of sp³-hybridized carbons (Fsp3) is 0.923. The number of Topliss-reactive ketones (excluding diaryl/α,β-unsaturated/α-hetero) is 1. The average Bonchev–Trinajstić information content (AvgIpc) is 2.80. The van der Waals surface area contributed by atoms with Gasteiger partial charge in [-0.15, -0.1) is 0 Å². The lowest BCUT2D eigenvalue weighted by molar-refractivity contribution is -0.122. The molecule has 1 unspecified atom stereocenters. The van der Waals surface area contributed by atoms with E-state index < -0.39 is 17.3 Å². The van der Waals surface area contributed by atoms with Gasteiger partial charge in [0.1, 0.15) is 5.78 Å². The SMILES string of the molecule is O=C1CCC2(CC1)C(C1CCOCC1)C2(F)F. The van der Waals surface area contributed by atoms with Crippen LogP contribution in [0.25, 0.3) is 0 Å². The van der Waals surface area contributed by atoms with E-state index in [1.54, 1.807) is 0 Å². The van der Waals surface area contributed by atoms with Crippen molar-refractivity contribution >= 4 is 5.78 Å². The Kier molecular flexibility index (Phi) is 2.55. The number of ether oxygens (including phenoxy) is 1. The van der Waals surface area contributed by atoms with Crippen molar-refractivity contribution in [3.05, 3.63) is 0 Å². The highest BCUT2D eigenvalue weighted by Gasteiger charge is 2.81. The van der Waals surface area contributed by atoms with E-state index in [-0.39, 0.29) is 11.7 Å². The Bertz CT molecular complexity index is 324. The predicted molar refractivity (Wildman–Crippen MR) is 57.9 cm³/mol. The Morgan fingerprint density at radius 3 is 2.29 bits per heavy atom. The normalized spacial score (nSPS) is 36.1. The van der Waals surface area contributed by atoms with Crippen molar-refractivity contribution in [2.45, 2.75) is 44.4 Å². The van der Waals surface area contributed by atoms with Crippen molar-refractivity contribution in [3.8, 4) is 0 Å². The molecular weight excluding hydrogens is 226 g/mol. The third kappa shape index (κ3) is 1.56. The van der Waals surface area contributed by atoms with Crippen LogP contribution in [0.3, 0.4) is 0 Å². The van der Waals surface area contributed by atoms with Crippen LogP contribution in [0.2, 0.25) is 0 Å². The molecule has 0 radical (unpaired) electrons. The Hall–Kier alpha value is -0.510. The molecule has 2 saturated carbocycles. The maximum absolute atomic E-state index is 14.1. The summed E-state index contributed by atoms with van der Waals surface area (Å²) >= 11 is 0. The predicted octanol–water partition coefficient (Wildman–Crippen LogP) is 2.81. The molecule has 1 saturated heterocycles. The molecule has 1 heterocycles. The van der Waals surface area contributed by atoms with Crippen molar-refractivity contribution in [2.24, 2.45) is 17.3 Å². The second kappa shape index (κ2) is 3.74. The van der Waals surface area contributed by atoms with Gasteiger partial charge in [0, 0.05) is 37.4 Å². The van der Waals surface area contributed by atoms with Crippen LogP contribution in [-0.2, 0) is 9.53 Å². The van der Waals surface area contributed by atoms with Gasteiger partial charge in [-0.3, -0.25) is 4.79 Å². The van der Waals surface area contributed by atoms with Gasteiger partial charge < -0.3 is 4.74 Å². The molecular formula is C13H18F2O2. The van der Waals surface area contributed by atoms with Gasteiger partial charge in [0.05, 0.1) is 0 Å². The molecule has 0 bridgehead atoms. The molecule has 1 atom stereocenters. The maximum atomic E-state index is 14.1. The molecule has 3 rings (SSSR count). The Balaban J connectivity index is 1.75. The summed E-state index contributed by atoms with van der Waals surface area (Å²) in [4.78, 5) is 11.2. The minimum absolute atomic E-state index is 0.104. The molecule has 2 nitrogen and oxygen atoms in total. The van der Waals surface area contributed by atoms with Crippen LogP contribution in [0.4, 0.5) is 8.78 Å². The van der Waals surface area contributed by atoms with E-state index >= 15 is 0 Å². The molecule has 4 heteroatoms. The summed E-state index contributed by atoms with van der Waals surface area (Å²) < 4.78 is 33.4. The number of carbonyl (C=O) groups excluding carboxylic acids is 1. The van der Waals surface area contributed by atoms with Gasteiger partial charge in [0.15, 0.2) is 0 Å². The van der Waals surface area contributed by atoms with E-state index in [2.05, 4.69) is 0 Å². The Labute approximate surface area is 99.7 Å². The number of halogens is 2. The van der Waals surface area contributed by atoms with Gasteiger partial charge in [-0.25, -0.2) is 8.78 Å². The van der Waals surface area contributed by atoms with Crippen LogP contribution in [0.15, 0.2) is 0 Å². The van der Waals surface area contributed by atoms with Crippen LogP contribution < -0.4 is 0 Å². The number of rotatable bonds is 1. The monoisotopic (exact) mass is 244 g/mol. The van der Waals surface area contributed by atoms with Crippen LogP contribution in [-0.4, -0.2) is 24.9 Å². The quantitative estimate of drug-likeness (QED) is 0.709. The van der Waals surface area contributed by atoms with Crippen LogP contribution in [0.1, 0.15) is 38.5 Å². The lowest BCUT2D eigenvalue weighted by Crippen LogP contribution is -2.23. The summed E-state index contributed by atoms with van der Waals surface area (Å²) in [6.45, 7) is 1.23. The first kappa shape index (κ1) is 11.6. The number of hydrogen-bond acceptors (Lipinski definition) is 2. The lowest BCUT2D eigenvalue weighted by Gasteiger charge is -2.25. The van der Waals surface area contributed by atoms with E-state index in [1.165, 1.54) is 0 Å². The highest BCUT2D eigenvalue weighted by atomic mass is 19.3. The summed E-state index contributed by atoms with van der Waals surface area (Å²) in [5.74, 6) is -2.75. The topological polar surface area (TPSA) is 26.3 Å². The lowest BCUT2D eigenvalue weighted by atomic mass is 9.79. The summed E-state index contributed by atoms with van der Waals surface area (Å²) in [6, 6.07) is 0. The zero-order valence-corrected chi connectivity index (χ0v) is 9.88. The van der Waals surface area contributed by atoms with Gasteiger partial charge in [0.25, 0.3) is 5.92 Å². The molecule has 0 amide bonds. The van der Waals surface area contributed by atoms with Crippen molar-refractivity contribution in [1.29, 1.82) is 0 Å². The Morgan fingerprint density at radius 1 is 1.12 bits per heavy atom. The number of alkyl halides is 2. The first-order chi connectivity index (χ1) is 8.08. The van der Waals surface area contributed by atoms with Gasteiger partial charge in [-0.1, -0.05) is 0 Å². The number of carbonyl (C=O) groups is 1. The molecule has 1 spiro atoms. The second-order valence-electron chi connectivity index (χ2n) is 5.75. The van der Waals surface area contributed by atoms with Gasteiger partial charge >= 0.3 is 0 Å². The molecule has 1 aliphatic heterocycles. The van der Waals surface area contributed by atoms with E-state index in [9.17, 15) is 13.6 Å². The molecule has 3 fully saturated rings. The molecule has 0 N–H and O–H groups in total. The number of hydrogen-bond donors (Lipinski definition) is 0. The smallest absolute Gasteiger partial charge is 0.257 e. The molecule has 0 aromatic heterocycles. The zero-order valence-electron chi connectivity index (χ0n) is 9.88. The maximum Gasteiger partial charge on any atom is 0.257 e. The highest BCUT2D eigenvalue weighted by molar-refractivity contribution is 5.79. The summed E-state index contributed by atoms with van der Waals surface area (Å²) in [6.07, 6.45) is 3.04. The second-order valence-corrected chi connectivity index (χ2v) is 5.75. The summed E-state index contributed by atoms with van der Waals surface area (Å²) in [5, 5.41) is 0. The summed E-state index contributed by atoms with van der Waals surface area (Å²) in [7, 11) is 0. The minimum Gasteiger partial charge on any atom is -0.381 e. The third-order valence-electron chi connectivity index (χ3n) is 5.00. The molecule has 17 heavy (non-hydrogen) atoms. The highest BCUT2D eigenvalue weighted by Crippen LogP contribution is 2.74. The van der Waals surface area contributed by atoms with Crippen molar-refractivity contribution in [3.63, 3.8) is 0 Å². The average molecular weight is 244 g/mol. The van der Waals surface area contributed by atoms with E-state index in [1.807, 2.05) is 0 Å². The first-order valence-corrected chi connectivity index (χ1v) is 6.55. The van der Waals surface area contributed by atoms with Crippen LogP contribution >= 0.6 is 0 Å². The van der Waals surface area contributed by atoms with E-state index in [0.717, 1.165) is 12.8 Å². The molecule has 3 aliphatic rings. The van der Waals surface area contributed by atoms with Crippen molar-refractivity contribution in [2.75, 3.05) is 13.2 Å². The summed E-state index contributed by atoms with van der Waals surface area (Å²) in [5.41, 5.74) is -0.830. The van der Waals surface area contributed by atoms with E-state index in [0.29, 0.717) is 38.9 Å². The fourth-order valence-electron chi connectivity index (χ4n) is 3.96. The third-order valence-corrected chi connectivity index (χ3v) is 5.00. The van der Waals surface area contributed by atoms with Gasteiger partial charge in [-0.2, -0.15) is 0 Å². The molecule has 0 aromatic carbocycles. The van der Waals surface area contributed by atoms with Crippen LogP contribution in [0, 0.1) is 17.3 Å². The molecule has 2 aliphatic carbocycles.